The third kappa shape index (κ3) is 3.50. The van der Waals surface area contributed by atoms with Crippen LogP contribution in [0.3, 0.4) is 0 Å². The molecule has 2 rings (SSSR count). The summed E-state index contributed by atoms with van der Waals surface area (Å²) < 4.78 is 32.4. The maximum Gasteiger partial charge on any atom is 0.259 e. The van der Waals surface area contributed by atoms with Gasteiger partial charge in [0.15, 0.2) is 0 Å². The van der Waals surface area contributed by atoms with Gasteiger partial charge in [-0.3, -0.25) is 0 Å². The van der Waals surface area contributed by atoms with Gasteiger partial charge in [-0.05, 0) is 18.1 Å². The Kier molecular flexibility index (Phi) is 4.65. The molecular weight excluding hydrogens is 276 g/mol. The zero-order chi connectivity index (χ0) is 14.6. The molecule has 1 aromatic rings. The summed E-state index contributed by atoms with van der Waals surface area (Å²) in [5, 5.41) is 0. The number of ether oxygens (including phenoxy) is 1. The number of nitrogens with two attached hydrogens (primary N) is 1. The van der Waals surface area contributed by atoms with Gasteiger partial charge in [-0.25, -0.2) is 8.42 Å². The van der Waals surface area contributed by atoms with E-state index in [0.29, 0.717) is 23.5 Å². The van der Waals surface area contributed by atoms with E-state index >= 15 is 0 Å². The van der Waals surface area contributed by atoms with Gasteiger partial charge >= 0.3 is 0 Å². The van der Waals surface area contributed by atoms with Gasteiger partial charge in [-0.2, -0.15) is 0 Å². The van der Waals surface area contributed by atoms with Crippen LogP contribution in [-0.4, -0.2) is 20.9 Å². The number of nitrogens with zero attached hydrogens (tertiary/aromatic N) is 1. The second kappa shape index (κ2) is 6.26. The Morgan fingerprint density at radius 3 is 2.85 bits per heavy atom. The Morgan fingerprint density at radius 1 is 1.30 bits per heavy atom. The first-order valence-corrected chi connectivity index (χ1v) is 8.47. The highest BCUT2D eigenvalue weighted by atomic mass is 32.2. The minimum Gasteiger partial charge on any atom is -0.493 e. The van der Waals surface area contributed by atoms with Crippen molar-refractivity contribution in [3.63, 3.8) is 0 Å². The molecule has 2 N–H and O–H groups in total. The van der Waals surface area contributed by atoms with Crippen LogP contribution in [0.15, 0.2) is 22.6 Å². The summed E-state index contributed by atoms with van der Waals surface area (Å²) in [6.45, 7) is 2.77. The third-order valence-electron chi connectivity index (χ3n) is 3.20. The average Bonchev–Trinajstić information content (AvgIpc) is 2.36. The molecule has 0 radical (unpaired) electrons. The van der Waals surface area contributed by atoms with E-state index in [2.05, 4.69) is 11.3 Å². The van der Waals surface area contributed by atoms with Crippen LogP contribution in [0.2, 0.25) is 0 Å². The van der Waals surface area contributed by atoms with Crippen LogP contribution in [0, 0.1) is 0 Å². The zero-order valence-electron chi connectivity index (χ0n) is 11.6. The predicted octanol–water partition coefficient (Wildman–Crippen LogP) is 2.19. The van der Waals surface area contributed by atoms with Gasteiger partial charge in [0.25, 0.3) is 10.0 Å². The monoisotopic (exact) mass is 296 g/mol. The van der Waals surface area contributed by atoms with Crippen LogP contribution in [-0.2, 0) is 15.8 Å². The van der Waals surface area contributed by atoms with Crippen molar-refractivity contribution in [3.05, 3.63) is 29.3 Å². The quantitative estimate of drug-likeness (QED) is 0.816. The standard InChI is InChI=1S/C14H20N2O3S/c1-2-3-4-5-9-19-12-8-6-7-11-10-20(17,18)16-14(15)13(11)12/h6-8H,2-5,9-10H2,1H3,(H2,15,16). The molecule has 20 heavy (non-hydrogen) atoms. The van der Waals surface area contributed by atoms with Gasteiger partial charge in [0.05, 0.1) is 17.9 Å². The topological polar surface area (TPSA) is 81.8 Å². The lowest BCUT2D eigenvalue weighted by molar-refractivity contribution is 0.304. The number of amidine groups is 1. The number of benzene rings is 1. The normalized spacial score (nSPS) is 16.4. The molecule has 0 fully saturated rings. The molecule has 0 saturated carbocycles. The number of unbranched alkanes of at least 4 members (excludes halogenated alkanes) is 3. The fraction of sp³-hybridized carbons (Fsp3) is 0.500. The van der Waals surface area contributed by atoms with Crippen molar-refractivity contribution in [3.8, 4) is 5.75 Å². The summed E-state index contributed by atoms with van der Waals surface area (Å²) in [4.78, 5) is 0. The molecule has 5 nitrogen and oxygen atoms in total. The molecule has 0 amide bonds. The van der Waals surface area contributed by atoms with E-state index in [4.69, 9.17) is 10.5 Å². The molecular formula is C14H20N2O3S. The minimum atomic E-state index is -3.49. The Hall–Kier alpha value is -1.56. The third-order valence-corrected chi connectivity index (χ3v) is 4.35. The van der Waals surface area contributed by atoms with E-state index in [1.165, 1.54) is 12.8 Å². The van der Waals surface area contributed by atoms with Crippen LogP contribution in [0.4, 0.5) is 0 Å². The van der Waals surface area contributed by atoms with Crippen LogP contribution in [0.25, 0.3) is 0 Å². The second-order valence-electron chi connectivity index (χ2n) is 4.90. The van der Waals surface area contributed by atoms with Crippen molar-refractivity contribution in [2.24, 2.45) is 10.1 Å². The van der Waals surface area contributed by atoms with Gasteiger partial charge in [0, 0.05) is 0 Å². The highest BCUT2D eigenvalue weighted by molar-refractivity contribution is 7.89. The number of fused-ring (bicyclic) bond motifs is 1. The lowest BCUT2D eigenvalue weighted by Gasteiger charge is -2.18. The SMILES string of the molecule is CCCCCCOc1cccc2c1C(N)=NS(=O)(=O)C2. The highest BCUT2D eigenvalue weighted by Gasteiger charge is 2.24. The molecule has 1 heterocycles. The van der Waals surface area contributed by atoms with Gasteiger partial charge in [-0.1, -0.05) is 38.3 Å². The van der Waals surface area contributed by atoms with E-state index in [-0.39, 0.29) is 11.6 Å². The molecule has 6 heteroatoms. The van der Waals surface area contributed by atoms with Crippen molar-refractivity contribution in [2.75, 3.05) is 6.61 Å². The van der Waals surface area contributed by atoms with Crippen LogP contribution in [0.5, 0.6) is 5.75 Å². The molecule has 1 aliphatic rings. The molecule has 110 valence electrons. The van der Waals surface area contributed by atoms with E-state index in [1.54, 1.807) is 18.2 Å². The number of sulfonamides is 1. The summed E-state index contributed by atoms with van der Waals surface area (Å²) in [5.74, 6) is 0.529. The smallest absolute Gasteiger partial charge is 0.259 e. The van der Waals surface area contributed by atoms with E-state index in [0.717, 1.165) is 12.8 Å². The summed E-state index contributed by atoms with van der Waals surface area (Å²) in [7, 11) is -3.49. The molecule has 0 aliphatic carbocycles. The fourth-order valence-electron chi connectivity index (χ4n) is 2.24. The van der Waals surface area contributed by atoms with Crippen molar-refractivity contribution in [2.45, 2.75) is 38.4 Å². The first-order valence-electron chi connectivity index (χ1n) is 6.86. The molecule has 0 saturated heterocycles. The summed E-state index contributed by atoms with van der Waals surface area (Å²) in [5.41, 5.74) is 7.04. The number of rotatable bonds is 6. The maximum atomic E-state index is 11.6. The first kappa shape index (κ1) is 14.8. The Morgan fingerprint density at radius 2 is 2.10 bits per heavy atom. The molecule has 0 atom stereocenters. The summed E-state index contributed by atoms with van der Waals surface area (Å²) >= 11 is 0. The number of hydrogen-bond donors (Lipinski definition) is 1. The van der Waals surface area contributed by atoms with Crippen molar-refractivity contribution < 1.29 is 13.2 Å². The molecule has 1 aromatic carbocycles. The number of hydrogen-bond acceptors (Lipinski definition) is 4. The van der Waals surface area contributed by atoms with Gasteiger partial charge in [0.1, 0.15) is 11.6 Å². The minimum absolute atomic E-state index is 0.0235. The lowest BCUT2D eigenvalue weighted by atomic mass is 10.1. The van der Waals surface area contributed by atoms with Gasteiger partial charge in [-0.15, -0.1) is 4.40 Å². The molecule has 0 bridgehead atoms. The van der Waals surface area contributed by atoms with Crippen LogP contribution < -0.4 is 10.5 Å². The maximum absolute atomic E-state index is 11.6. The lowest BCUT2D eigenvalue weighted by Crippen LogP contribution is -2.24. The van der Waals surface area contributed by atoms with Gasteiger partial charge in [0.2, 0.25) is 0 Å². The second-order valence-corrected chi connectivity index (χ2v) is 6.54. The summed E-state index contributed by atoms with van der Waals surface area (Å²) in [6, 6.07) is 5.34. The Bertz CT molecular complexity index is 609. The predicted molar refractivity (Wildman–Crippen MR) is 79.4 cm³/mol. The highest BCUT2D eigenvalue weighted by Crippen LogP contribution is 2.28. The molecule has 0 aromatic heterocycles. The Balaban J connectivity index is 2.13. The van der Waals surface area contributed by atoms with E-state index in [1.807, 2.05) is 0 Å². The van der Waals surface area contributed by atoms with Crippen molar-refractivity contribution >= 4 is 15.9 Å². The van der Waals surface area contributed by atoms with Crippen LogP contribution >= 0.6 is 0 Å². The average molecular weight is 296 g/mol. The van der Waals surface area contributed by atoms with Crippen molar-refractivity contribution in [1.29, 1.82) is 0 Å². The first-order chi connectivity index (χ1) is 9.53. The fourth-order valence-corrected chi connectivity index (χ4v) is 3.33. The Labute approximate surface area is 119 Å². The van der Waals surface area contributed by atoms with Gasteiger partial charge < -0.3 is 10.5 Å². The van der Waals surface area contributed by atoms with Crippen LogP contribution in [0.1, 0.15) is 43.7 Å². The largest absolute Gasteiger partial charge is 0.493 e. The van der Waals surface area contributed by atoms with E-state index in [9.17, 15) is 8.42 Å². The van der Waals surface area contributed by atoms with Crippen molar-refractivity contribution in [1.82, 2.24) is 0 Å². The summed E-state index contributed by atoms with van der Waals surface area (Å²) in [6.07, 6.45) is 4.48. The van der Waals surface area contributed by atoms with E-state index < -0.39 is 10.0 Å². The molecule has 0 unspecified atom stereocenters. The molecule has 1 aliphatic heterocycles. The zero-order valence-corrected chi connectivity index (χ0v) is 12.4. The molecule has 0 spiro atoms.